The second kappa shape index (κ2) is 11.2. The van der Waals surface area contributed by atoms with Crippen LogP contribution >= 0.6 is 0 Å². The van der Waals surface area contributed by atoms with Crippen LogP contribution in [0.5, 0.6) is 0 Å². The van der Waals surface area contributed by atoms with E-state index < -0.39 is 29.8 Å². The molecule has 0 aliphatic carbocycles. The average molecular weight is 410 g/mol. The van der Waals surface area contributed by atoms with E-state index in [1.807, 2.05) is 0 Å². The number of rotatable bonds is 9. The Balaban J connectivity index is 2.13. The number of amides is 2. The SMILES string of the molecule is CCOC(=O)CNC(=O)C(NC(=O)c1ccc(/C=C/C(=O)O)cc1)c1ccccc1. The molecule has 0 bridgehead atoms. The Hall–Kier alpha value is -3.94. The average Bonchev–Trinajstić information content (AvgIpc) is 2.75. The fourth-order valence-corrected chi connectivity index (χ4v) is 2.55. The van der Waals surface area contributed by atoms with E-state index in [1.54, 1.807) is 49.4 Å². The molecular weight excluding hydrogens is 388 g/mol. The van der Waals surface area contributed by atoms with E-state index in [2.05, 4.69) is 10.6 Å². The van der Waals surface area contributed by atoms with Crippen LogP contribution in [0.3, 0.4) is 0 Å². The molecule has 2 rings (SSSR count). The molecule has 0 aliphatic rings. The molecule has 8 heteroatoms. The third-order valence-electron chi connectivity index (χ3n) is 3.97. The zero-order valence-electron chi connectivity index (χ0n) is 16.3. The smallest absolute Gasteiger partial charge is 0.328 e. The van der Waals surface area contributed by atoms with Crippen molar-refractivity contribution in [2.45, 2.75) is 13.0 Å². The second-order valence-corrected chi connectivity index (χ2v) is 6.13. The molecule has 3 N–H and O–H groups in total. The number of hydrogen-bond donors (Lipinski definition) is 3. The number of carbonyl (C=O) groups is 4. The molecule has 1 unspecified atom stereocenters. The Bertz CT molecular complexity index is 922. The summed E-state index contributed by atoms with van der Waals surface area (Å²) in [7, 11) is 0. The lowest BCUT2D eigenvalue weighted by Crippen LogP contribution is -2.42. The summed E-state index contributed by atoms with van der Waals surface area (Å²) in [5.74, 6) is -2.70. The first-order chi connectivity index (χ1) is 14.4. The fourth-order valence-electron chi connectivity index (χ4n) is 2.55. The summed E-state index contributed by atoms with van der Waals surface area (Å²) in [4.78, 5) is 47.4. The molecule has 0 saturated carbocycles. The summed E-state index contributed by atoms with van der Waals surface area (Å²) >= 11 is 0. The number of benzene rings is 2. The first-order valence-corrected chi connectivity index (χ1v) is 9.21. The lowest BCUT2D eigenvalue weighted by Gasteiger charge is -2.19. The molecule has 2 aromatic rings. The largest absolute Gasteiger partial charge is 0.478 e. The van der Waals surface area contributed by atoms with E-state index in [1.165, 1.54) is 18.2 Å². The number of carboxylic acid groups (broad SMARTS) is 1. The third kappa shape index (κ3) is 6.90. The number of hydrogen-bond acceptors (Lipinski definition) is 5. The van der Waals surface area contributed by atoms with Crippen molar-refractivity contribution in [3.05, 3.63) is 77.4 Å². The minimum absolute atomic E-state index is 0.200. The fraction of sp³-hybridized carbons (Fsp3) is 0.182. The van der Waals surface area contributed by atoms with Crippen molar-refractivity contribution in [1.29, 1.82) is 0 Å². The van der Waals surface area contributed by atoms with Crippen molar-refractivity contribution >= 4 is 29.8 Å². The maximum Gasteiger partial charge on any atom is 0.328 e. The Kier molecular flexibility index (Phi) is 8.31. The molecular formula is C22H22N2O6. The minimum atomic E-state index is -1.07. The first-order valence-electron chi connectivity index (χ1n) is 9.21. The quantitative estimate of drug-likeness (QED) is 0.429. The van der Waals surface area contributed by atoms with Gasteiger partial charge in [0.2, 0.25) is 5.91 Å². The lowest BCUT2D eigenvalue weighted by atomic mass is 10.0. The molecule has 0 heterocycles. The third-order valence-corrected chi connectivity index (χ3v) is 3.97. The van der Waals surface area contributed by atoms with Crippen molar-refractivity contribution in [3.8, 4) is 0 Å². The van der Waals surface area contributed by atoms with Crippen LogP contribution < -0.4 is 10.6 Å². The van der Waals surface area contributed by atoms with Crippen molar-refractivity contribution in [1.82, 2.24) is 10.6 Å². The highest BCUT2D eigenvalue weighted by molar-refractivity contribution is 5.98. The van der Waals surface area contributed by atoms with Gasteiger partial charge < -0.3 is 20.5 Å². The van der Waals surface area contributed by atoms with Gasteiger partial charge in [0.15, 0.2) is 0 Å². The monoisotopic (exact) mass is 410 g/mol. The van der Waals surface area contributed by atoms with Gasteiger partial charge in [-0.15, -0.1) is 0 Å². The summed E-state index contributed by atoms with van der Waals surface area (Å²) in [5, 5.41) is 13.8. The van der Waals surface area contributed by atoms with Gasteiger partial charge in [-0.2, -0.15) is 0 Å². The second-order valence-electron chi connectivity index (χ2n) is 6.13. The van der Waals surface area contributed by atoms with Crippen LogP contribution in [0.15, 0.2) is 60.7 Å². The predicted octanol–water partition coefficient (Wildman–Crippen LogP) is 1.93. The van der Waals surface area contributed by atoms with E-state index in [9.17, 15) is 19.2 Å². The molecule has 8 nitrogen and oxygen atoms in total. The molecule has 30 heavy (non-hydrogen) atoms. The number of esters is 1. The van der Waals surface area contributed by atoms with Crippen LogP contribution in [0.4, 0.5) is 0 Å². The molecule has 2 aromatic carbocycles. The highest BCUT2D eigenvalue weighted by atomic mass is 16.5. The first kappa shape index (κ1) is 22.4. The number of ether oxygens (including phenoxy) is 1. The van der Waals surface area contributed by atoms with Crippen LogP contribution in [-0.4, -0.2) is 42.0 Å². The maximum atomic E-state index is 12.7. The van der Waals surface area contributed by atoms with Crippen molar-refractivity contribution in [3.63, 3.8) is 0 Å². The number of aliphatic carboxylic acids is 1. The lowest BCUT2D eigenvalue weighted by molar-refractivity contribution is -0.143. The number of carboxylic acids is 1. The normalized spacial score (nSPS) is 11.5. The van der Waals surface area contributed by atoms with E-state index in [0.717, 1.165) is 6.08 Å². The molecule has 1 atom stereocenters. The van der Waals surface area contributed by atoms with E-state index >= 15 is 0 Å². The molecule has 2 amide bonds. The summed E-state index contributed by atoms with van der Waals surface area (Å²) in [6.07, 6.45) is 2.40. The number of nitrogens with one attached hydrogen (secondary N) is 2. The van der Waals surface area contributed by atoms with Gasteiger partial charge in [-0.25, -0.2) is 4.79 Å². The molecule has 0 fully saturated rings. The predicted molar refractivity (Wildman–Crippen MR) is 109 cm³/mol. The van der Waals surface area contributed by atoms with Gasteiger partial charge in [0.25, 0.3) is 5.91 Å². The Morgan fingerprint density at radius 1 is 1.03 bits per heavy atom. The van der Waals surface area contributed by atoms with Crippen LogP contribution in [0.1, 0.15) is 34.5 Å². The summed E-state index contributed by atoms with van der Waals surface area (Å²) in [6, 6.07) is 13.8. The highest BCUT2D eigenvalue weighted by Gasteiger charge is 2.23. The zero-order valence-corrected chi connectivity index (χ0v) is 16.3. The molecule has 0 radical (unpaired) electrons. The standard InChI is InChI=1S/C22H22N2O6/c1-2-30-19(27)14-23-22(29)20(16-6-4-3-5-7-16)24-21(28)17-11-8-15(9-12-17)10-13-18(25)26/h3-13,20H,2,14H2,1H3,(H,23,29)(H,24,28)(H,25,26)/b13-10+. The van der Waals surface area contributed by atoms with Gasteiger partial charge in [0.1, 0.15) is 12.6 Å². The summed E-state index contributed by atoms with van der Waals surface area (Å²) in [5.41, 5.74) is 1.45. The summed E-state index contributed by atoms with van der Waals surface area (Å²) in [6.45, 7) is 1.55. The van der Waals surface area contributed by atoms with Crippen molar-refractivity contribution in [2.24, 2.45) is 0 Å². The van der Waals surface area contributed by atoms with E-state index in [0.29, 0.717) is 16.7 Å². The van der Waals surface area contributed by atoms with Crippen molar-refractivity contribution in [2.75, 3.05) is 13.2 Å². The highest BCUT2D eigenvalue weighted by Crippen LogP contribution is 2.15. The summed E-state index contributed by atoms with van der Waals surface area (Å²) < 4.78 is 4.79. The molecule has 0 spiro atoms. The van der Waals surface area contributed by atoms with Gasteiger partial charge in [0, 0.05) is 11.6 Å². The Morgan fingerprint density at radius 2 is 1.70 bits per heavy atom. The van der Waals surface area contributed by atoms with Gasteiger partial charge in [-0.05, 0) is 36.3 Å². The number of carbonyl (C=O) groups excluding carboxylic acids is 3. The van der Waals surface area contributed by atoms with E-state index in [-0.39, 0.29) is 13.2 Å². The van der Waals surface area contributed by atoms with Gasteiger partial charge >= 0.3 is 11.9 Å². The topological polar surface area (TPSA) is 122 Å². The van der Waals surface area contributed by atoms with Crippen LogP contribution in [-0.2, 0) is 19.1 Å². The van der Waals surface area contributed by atoms with Gasteiger partial charge in [0.05, 0.1) is 6.61 Å². The van der Waals surface area contributed by atoms with E-state index in [4.69, 9.17) is 9.84 Å². The Labute approximate surface area is 173 Å². The maximum absolute atomic E-state index is 12.7. The minimum Gasteiger partial charge on any atom is -0.478 e. The molecule has 0 saturated heterocycles. The molecule has 0 aromatic heterocycles. The zero-order chi connectivity index (χ0) is 21.9. The van der Waals surface area contributed by atoms with Crippen molar-refractivity contribution < 1.29 is 29.0 Å². The van der Waals surface area contributed by atoms with Gasteiger partial charge in [-0.3, -0.25) is 14.4 Å². The van der Waals surface area contributed by atoms with Crippen LogP contribution in [0.2, 0.25) is 0 Å². The molecule has 0 aliphatic heterocycles. The van der Waals surface area contributed by atoms with Crippen LogP contribution in [0.25, 0.3) is 6.08 Å². The van der Waals surface area contributed by atoms with Crippen LogP contribution in [0, 0.1) is 0 Å². The van der Waals surface area contributed by atoms with Gasteiger partial charge in [-0.1, -0.05) is 42.5 Å². The Morgan fingerprint density at radius 3 is 2.30 bits per heavy atom. The molecule has 156 valence electrons.